The van der Waals surface area contributed by atoms with Crippen LogP contribution in [0.15, 0.2) is 78.2 Å². The number of rotatable bonds is 8. The molecule has 0 amide bonds. The van der Waals surface area contributed by atoms with Crippen molar-refractivity contribution in [1.82, 2.24) is 29.5 Å². The Balaban J connectivity index is 1.43. The van der Waals surface area contributed by atoms with Gasteiger partial charge in [-0.15, -0.1) is 0 Å². The first-order valence-corrected chi connectivity index (χ1v) is 12.4. The van der Waals surface area contributed by atoms with Crippen molar-refractivity contribution in [3.8, 4) is 0 Å². The Morgan fingerprint density at radius 2 is 1.81 bits per heavy atom. The average molecular weight is 512 g/mol. The minimum atomic E-state index is -0.182. The van der Waals surface area contributed by atoms with E-state index in [1.165, 1.54) is 0 Å². The van der Waals surface area contributed by atoms with Crippen molar-refractivity contribution in [3.63, 3.8) is 0 Å². The highest BCUT2D eigenvalue weighted by Crippen LogP contribution is 2.27. The predicted molar refractivity (Wildman–Crippen MR) is 145 cm³/mol. The summed E-state index contributed by atoms with van der Waals surface area (Å²) in [4.78, 5) is 34.7. The van der Waals surface area contributed by atoms with Gasteiger partial charge in [-0.05, 0) is 48.7 Å². The van der Waals surface area contributed by atoms with Crippen LogP contribution in [-0.2, 0) is 26.3 Å². The predicted octanol–water partition coefficient (Wildman–Crippen LogP) is 4.72. The Labute approximate surface area is 219 Å². The standard InChI is InChI=1S/C28H26ClN7O/c1-18(28-31-11-4-12-32-28)34-23-15-27(37)36(2)25-8-6-20(13-21(23)25)14-24-22(29)17-33-26(35-24)9-7-19-5-3-10-30-16-19/h3-6,8,10-13,15-18,34H,7,9,14H2,1-2H3. The Bertz CT molecular complexity index is 1590. The van der Waals surface area contributed by atoms with Crippen LogP contribution in [0.2, 0.25) is 5.02 Å². The Morgan fingerprint density at radius 1 is 0.973 bits per heavy atom. The fourth-order valence-electron chi connectivity index (χ4n) is 4.25. The van der Waals surface area contributed by atoms with Crippen LogP contribution in [-0.4, -0.2) is 29.5 Å². The van der Waals surface area contributed by atoms with Gasteiger partial charge in [0.25, 0.3) is 5.56 Å². The molecule has 0 aliphatic carbocycles. The largest absolute Gasteiger partial charge is 0.375 e. The number of anilines is 1. The third kappa shape index (κ3) is 5.65. The van der Waals surface area contributed by atoms with Crippen molar-refractivity contribution >= 4 is 28.2 Å². The molecular weight excluding hydrogens is 486 g/mol. The molecule has 0 bridgehead atoms. The number of nitrogens with zero attached hydrogens (tertiary/aromatic N) is 6. The number of hydrogen-bond donors (Lipinski definition) is 1. The maximum Gasteiger partial charge on any atom is 0.252 e. The molecule has 1 aromatic carbocycles. The smallest absolute Gasteiger partial charge is 0.252 e. The van der Waals surface area contributed by atoms with Crippen molar-refractivity contribution < 1.29 is 0 Å². The summed E-state index contributed by atoms with van der Waals surface area (Å²) in [6, 6.07) is 13.2. The van der Waals surface area contributed by atoms with E-state index in [-0.39, 0.29) is 11.6 Å². The highest BCUT2D eigenvalue weighted by molar-refractivity contribution is 6.31. The first kappa shape index (κ1) is 24.5. The molecule has 5 rings (SSSR count). The summed E-state index contributed by atoms with van der Waals surface area (Å²) in [5.41, 5.74) is 4.38. The number of hydrogen-bond acceptors (Lipinski definition) is 7. The fourth-order valence-corrected chi connectivity index (χ4v) is 4.41. The first-order chi connectivity index (χ1) is 18.0. The molecule has 1 unspecified atom stereocenters. The number of aryl methyl sites for hydroxylation is 3. The molecule has 0 aliphatic rings. The lowest BCUT2D eigenvalue weighted by molar-refractivity contribution is 0.788. The van der Waals surface area contributed by atoms with Crippen molar-refractivity contribution in [2.45, 2.75) is 32.2 Å². The quantitative estimate of drug-likeness (QED) is 0.322. The van der Waals surface area contributed by atoms with Gasteiger partial charge < -0.3 is 9.88 Å². The second-order valence-electron chi connectivity index (χ2n) is 8.90. The van der Waals surface area contributed by atoms with Crippen LogP contribution in [0.3, 0.4) is 0 Å². The van der Waals surface area contributed by atoms with Crippen LogP contribution in [0.25, 0.3) is 10.9 Å². The number of aromatic nitrogens is 6. The third-order valence-corrected chi connectivity index (χ3v) is 6.57. The number of pyridine rings is 2. The molecule has 0 aliphatic heterocycles. The van der Waals surface area contributed by atoms with Gasteiger partial charge in [0.1, 0.15) is 11.6 Å². The van der Waals surface area contributed by atoms with Crippen LogP contribution >= 0.6 is 11.6 Å². The van der Waals surface area contributed by atoms with Gasteiger partial charge in [-0.1, -0.05) is 23.7 Å². The highest BCUT2D eigenvalue weighted by Gasteiger charge is 2.14. The molecule has 0 fully saturated rings. The van der Waals surface area contributed by atoms with E-state index in [1.807, 2.05) is 37.4 Å². The van der Waals surface area contributed by atoms with Crippen molar-refractivity contribution in [2.75, 3.05) is 5.32 Å². The molecule has 37 heavy (non-hydrogen) atoms. The fraction of sp³-hybridized carbons (Fsp3) is 0.214. The minimum absolute atomic E-state index is 0.0963. The average Bonchev–Trinajstić information content (AvgIpc) is 2.93. The molecule has 1 N–H and O–H groups in total. The Kier molecular flexibility index (Phi) is 7.18. The van der Waals surface area contributed by atoms with Crippen molar-refractivity contribution in [1.29, 1.82) is 0 Å². The normalized spacial score (nSPS) is 12.0. The van der Waals surface area contributed by atoms with E-state index in [0.717, 1.165) is 45.7 Å². The number of fused-ring (bicyclic) bond motifs is 1. The molecule has 186 valence electrons. The molecule has 4 heterocycles. The minimum Gasteiger partial charge on any atom is -0.375 e. The molecule has 9 heteroatoms. The van der Waals surface area contributed by atoms with Crippen molar-refractivity contribution in [3.05, 3.63) is 117 Å². The van der Waals surface area contributed by atoms with Crippen molar-refractivity contribution in [2.24, 2.45) is 7.05 Å². The number of benzene rings is 1. The monoisotopic (exact) mass is 511 g/mol. The van der Waals surface area contributed by atoms with Crippen LogP contribution in [0.4, 0.5) is 5.69 Å². The van der Waals surface area contributed by atoms with E-state index in [4.69, 9.17) is 16.6 Å². The zero-order valence-electron chi connectivity index (χ0n) is 20.6. The van der Waals surface area contributed by atoms with E-state index in [9.17, 15) is 4.79 Å². The lowest BCUT2D eigenvalue weighted by Crippen LogP contribution is -2.19. The van der Waals surface area contributed by atoms with Crippen LogP contribution < -0.4 is 10.9 Å². The second-order valence-corrected chi connectivity index (χ2v) is 9.31. The zero-order chi connectivity index (χ0) is 25.8. The summed E-state index contributed by atoms with van der Waals surface area (Å²) in [6.45, 7) is 1.97. The Hall–Kier alpha value is -4.17. The summed E-state index contributed by atoms with van der Waals surface area (Å²) in [6.07, 6.45) is 10.7. The van der Waals surface area contributed by atoms with E-state index in [0.29, 0.717) is 23.7 Å². The topological polar surface area (TPSA) is 98.5 Å². The maximum atomic E-state index is 12.6. The SMILES string of the molecule is CC(Nc1cc(=O)n(C)c2ccc(Cc3nc(CCc4cccnc4)ncc3Cl)cc12)c1ncccn1. The second kappa shape index (κ2) is 10.8. The van der Waals surface area contributed by atoms with Crippen LogP contribution in [0.1, 0.15) is 41.4 Å². The summed E-state index contributed by atoms with van der Waals surface area (Å²) in [5, 5.41) is 4.87. The molecule has 5 aromatic rings. The lowest BCUT2D eigenvalue weighted by Gasteiger charge is -2.17. The molecule has 0 spiro atoms. The van der Waals surface area contributed by atoms with Gasteiger partial charge in [0.15, 0.2) is 0 Å². The van der Waals surface area contributed by atoms with Gasteiger partial charge in [-0.25, -0.2) is 19.9 Å². The molecule has 1 atom stereocenters. The van der Waals surface area contributed by atoms with E-state index >= 15 is 0 Å². The number of halogens is 1. The van der Waals surface area contributed by atoms with Crippen LogP contribution in [0, 0.1) is 0 Å². The van der Waals surface area contributed by atoms with Gasteiger partial charge >= 0.3 is 0 Å². The molecule has 0 saturated heterocycles. The molecule has 0 saturated carbocycles. The van der Waals surface area contributed by atoms with E-state index in [2.05, 4.69) is 31.3 Å². The maximum absolute atomic E-state index is 12.6. The summed E-state index contributed by atoms with van der Waals surface area (Å²) in [7, 11) is 1.77. The van der Waals surface area contributed by atoms with Gasteiger partial charge in [0.05, 0.1) is 22.3 Å². The molecule has 8 nitrogen and oxygen atoms in total. The molecule has 0 radical (unpaired) electrons. The van der Waals surface area contributed by atoms with E-state index in [1.54, 1.807) is 48.5 Å². The summed E-state index contributed by atoms with van der Waals surface area (Å²) < 4.78 is 1.64. The number of nitrogens with one attached hydrogen (secondary N) is 1. The highest BCUT2D eigenvalue weighted by atomic mass is 35.5. The van der Waals surface area contributed by atoms with Gasteiger partial charge in [0, 0.05) is 68.0 Å². The van der Waals surface area contributed by atoms with Gasteiger partial charge in [-0.2, -0.15) is 0 Å². The zero-order valence-corrected chi connectivity index (χ0v) is 21.4. The van der Waals surface area contributed by atoms with E-state index < -0.39 is 0 Å². The summed E-state index contributed by atoms with van der Waals surface area (Å²) in [5.74, 6) is 1.39. The lowest BCUT2D eigenvalue weighted by atomic mass is 10.0. The van der Waals surface area contributed by atoms with Gasteiger partial charge in [0.2, 0.25) is 0 Å². The molecular formula is C28H26ClN7O. The van der Waals surface area contributed by atoms with Gasteiger partial charge in [-0.3, -0.25) is 9.78 Å². The first-order valence-electron chi connectivity index (χ1n) is 12.0. The molecule has 4 aromatic heterocycles. The Morgan fingerprint density at radius 3 is 2.59 bits per heavy atom. The van der Waals surface area contributed by atoms with Crippen LogP contribution in [0.5, 0.6) is 0 Å². The summed E-state index contributed by atoms with van der Waals surface area (Å²) >= 11 is 6.49. The third-order valence-electron chi connectivity index (χ3n) is 6.25.